The van der Waals surface area contributed by atoms with Crippen molar-refractivity contribution < 1.29 is 19.3 Å². The number of hydrogen-bond donors (Lipinski definition) is 0. The summed E-state index contributed by atoms with van der Waals surface area (Å²) >= 11 is 0. The fourth-order valence-electron chi connectivity index (χ4n) is 3.89. The average Bonchev–Trinajstić information content (AvgIpc) is 3.03. The highest BCUT2D eigenvalue weighted by Crippen LogP contribution is 2.36. The van der Waals surface area contributed by atoms with E-state index in [2.05, 4.69) is 0 Å². The quantitative estimate of drug-likeness (QED) is 0.329. The van der Waals surface area contributed by atoms with Gasteiger partial charge in [-0.25, -0.2) is 5.01 Å². The molecule has 2 aromatic carbocycles. The van der Waals surface area contributed by atoms with Crippen molar-refractivity contribution in [2.24, 2.45) is 11.8 Å². The third-order valence-corrected chi connectivity index (χ3v) is 5.46. The van der Waals surface area contributed by atoms with Gasteiger partial charge in [-0.1, -0.05) is 42.5 Å². The lowest BCUT2D eigenvalue weighted by molar-refractivity contribution is -0.384. The third-order valence-electron chi connectivity index (χ3n) is 5.46. The summed E-state index contributed by atoms with van der Waals surface area (Å²) in [6, 6.07) is 14.2. The van der Waals surface area contributed by atoms with Gasteiger partial charge in [0.25, 0.3) is 23.4 Å². The van der Waals surface area contributed by atoms with Gasteiger partial charge in [-0.05, 0) is 30.5 Å². The summed E-state index contributed by atoms with van der Waals surface area (Å²) in [7, 11) is 0. The maximum absolute atomic E-state index is 13.3. The van der Waals surface area contributed by atoms with Crippen LogP contribution in [0.4, 0.5) is 5.69 Å². The van der Waals surface area contributed by atoms with Gasteiger partial charge in [-0.15, -0.1) is 0 Å². The first kappa shape index (κ1) is 19.5. The fraction of sp³-hybridized carbons (Fsp3) is 0.227. The maximum Gasteiger partial charge on any atom is 0.273 e. The molecule has 8 nitrogen and oxygen atoms in total. The number of nitro groups is 1. The molecule has 3 amide bonds. The topological polar surface area (TPSA) is 101 Å². The van der Waals surface area contributed by atoms with Crippen molar-refractivity contribution in [3.8, 4) is 0 Å². The fourth-order valence-corrected chi connectivity index (χ4v) is 3.89. The van der Waals surface area contributed by atoms with Gasteiger partial charge in [-0.3, -0.25) is 24.5 Å². The predicted octanol–water partition coefficient (Wildman–Crippen LogP) is 3.10. The van der Waals surface area contributed by atoms with Gasteiger partial charge in [0.05, 0.1) is 23.3 Å². The SMILES string of the molecule is O=C(c1ccc([N+](=O)[O-])cc1)N(Cc1ccccc1)N1C(=O)[C@H]2CC=CC[C@@H]2C1=O. The zero-order valence-electron chi connectivity index (χ0n) is 16.0. The van der Waals surface area contributed by atoms with Crippen molar-refractivity contribution in [2.75, 3.05) is 0 Å². The molecule has 2 aromatic rings. The summed E-state index contributed by atoms with van der Waals surface area (Å²) in [5.41, 5.74) is 0.762. The number of benzene rings is 2. The molecule has 2 aliphatic rings. The first-order chi connectivity index (χ1) is 14.5. The Hall–Kier alpha value is -3.81. The number of imide groups is 1. The van der Waals surface area contributed by atoms with E-state index in [0.29, 0.717) is 12.8 Å². The monoisotopic (exact) mass is 405 g/mol. The largest absolute Gasteiger partial charge is 0.273 e. The molecule has 0 N–H and O–H groups in total. The molecule has 0 bridgehead atoms. The van der Waals surface area contributed by atoms with Gasteiger partial charge in [0.1, 0.15) is 0 Å². The van der Waals surface area contributed by atoms with Gasteiger partial charge in [0, 0.05) is 17.7 Å². The summed E-state index contributed by atoms with van der Waals surface area (Å²) in [4.78, 5) is 49.8. The van der Waals surface area contributed by atoms with Crippen LogP contribution in [0.25, 0.3) is 0 Å². The zero-order valence-corrected chi connectivity index (χ0v) is 16.0. The molecule has 1 saturated heterocycles. The van der Waals surface area contributed by atoms with Crippen LogP contribution in [0.3, 0.4) is 0 Å². The number of hydrazine groups is 1. The Morgan fingerprint density at radius 2 is 1.53 bits per heavy atom. The minimum atomic E-state index is -0.568. The number of carbonyl (C=O) groups excluding carboxylic acids is 3. The predicted molar refractivity (Wildman–Crippen MR) is 107 cm³/mol. The summed E-state index contributed by atoms with van der Waals surface area (Å²) in [5, 5.41) is 13.0. The summed E-state index contributed by atoms with van der Waals surface area (Å²) in [6.07, 6.45) is 4.71. The summed E-state index contributed by atoms with van der Waals surface area (Å²) in [6.45, 7) is 0.0288. The van der Waals surface area contributed by atoms with E-state index in [1.165, 1.54) is 24.3 Å². The normalized spacial score (nSPS) is 20.2. The lowest BCUT2D eigenvalue weighted by atomic mass is 9.85. The highest BCUT2D eigenvalue weighted by atomic mass is 16.6. The van der Waals surface area contributed by atoms with Crippen molar-refractivity contribution >= 4 is 23.4 Å². The molecule has 0 unspecified atom stereocenters. The molecule has 1 aliphatic heterocycles. The molecule has 152 valence electrons. The van der Waals surface area contributed by atoms with Gasteiger partial charge >= 0.3 is 0 Å². The molecule has 8 heteroatoms. The van der Waals surface area contributed by atoms with Gasteiger partial charge in [-0.2, -0.15) is 5.01 Å². The molecular weight excluding hydrogens is 386 g/mol. The summed E-state index contributed by atoms with van der Waals surface area (Å²) < 4.78 is 0. The van der Waals surface area contributed by atoms with Crippen molar-refractivity contribution in [1.82, 2.24) is 10.0 Å². The lowest BCUT2D eigenvalue weighted by Crippen LogP contribution is -2.49. The highest BCUT2D eigenvalue weighted by molar-refractivity contribution is 6.08. The van der Waals surface area contributed by atoms with E-state index >= 15 is 0 Å². The second-order valence-corrected chi connectivity index (χ2v) is 7.30. The molecular formula is C22H19N3O5. The number of fused-ring (bicyclic) bond motifs is 1. The number of non-ortho nitro benzene ring substituents is 1. The zero-order chi connectivity index (χ0) is 21.3. The second-order valence-electron chi connectivity index (χ2n) is 7.30. The Labute approximate surface area is 172 Å². The van der Waals surface area contributed by atoms with Crippen molar-refractivity contribution in [1.29, 1.82) is 0 Å². The number of allylic oxidation sites excluding steroid dienone is 2. The van der Waals surface area contributed by atoms with E-state index < -0.39 is 22.7 Å². The van der Waals surface area contributed by atoms with E-state index in [1.807, 2.05) is 18.2 Å². The standard InChI is InChI=1S/C22H19N3O5/c26-20(16-10-12-17(13-11-16)25(29)30)23(14-15-6-2-1-3-7-15)24-21(27)18-8-4-5-9-19(18)22(24)28/h1-7,10-13,18-19H,8-9,14H2/t18-,19-/m0/s1. The average molecular weight is 405 g/mol. The van der Waals surface area contributed by atoms with Gasteiger partial charge in [0.15, 0.2) is 0 Å². The van der Waals surface area contributed by atoms with Crippen LogP contribution in [0.2, 0.25) is 0 Å². The molecule has 0 aromatic heterocycles. The second kappa shape index (κ2) is 7.90. The first-order valence-electron chi connectivity index (χ1n) is 9.60. The lowest BCUT2D eigenvalue weighted by Gasteiger charge is -2.30. The van der Waals surface area contributed by atoms with Crippen molar-refractivity contribution in [2.45, 2.75) is 19.4 Å². The van der Waals surface area contributed by atoms with E-state index in [4.69, 9.17) is 0 Å². The van der Waals surface area contributed by atoms with E-state index in [9.17, 15) is 24.5 Å². The van der Waals surface area contributed by atoms with Crippen LogP contribution in [0.15, 0.2) is 66.7 Å². The summed E-state index contributed by atoms with van der Waals surface area (Å²) in [5.74, 6) is -2.28. The van der Waals surface area contributed by atoms with Crippen LogP contribution in [0.1, 0.15) is 28.8 Å². The van der Waals surface area contributed by atoms with Crippen molar-refractivity contribution in [3.63, 3.8) is 0 Å². The molecule has 2 atom stereocenters. The maximum atomic E-state index is 13.3. The van der Waals surface area contributed by atoms with Crippen LogP contribution in [0.5, 0.6) is 0 Å². The number of hydrogen-bond acceptors (Lipinski definition) is 5. The van der Waals surface area contributed by atoms with Crippen LogP contribution >= 0.6 is 0 Å². The van der Waals surface area contributed by atoms with Gasteiger partial charge in [0.2, 0.25) is 0 Å². The minimum Gasteiger partial charge on any atom is -0.272 e. The molecule has 30 heavy (non-hydrogen) atoms. The Kier molecular flexibility index (Phi) is 5.14. The molecule has 4 rings (SSSR count). The number of nitrogens with zero attached hydrogens (tertiary/aromatic N) is 3. The Morgan fingerprint density at radius 1 is 0.967 bits per heavy atom. The minimum absolute atomic E-state index is 0.0288. The Balaban J connectivity index is 1.69. The number of rotatable bonds is 5. The van der Waals surface area contributed by atoms with E-state index in [0.717, 1.165) is 15.6 Å². The first-order valence-corrected chi connectivity index (χ1v) is 9.60. The molecule has 1 heterocycles. The molecule has 0 radical (unpaired) electrons. The molecule has 0 spiro atoms. The van der Waals surface area contributed by atoms with Crippen LogP contribution in [0, 0.1) is 22.0 Å². The highest BCUT2D eigenvalue weighted by Gasteiger charge is 2.50. The Morgan fingerprint density at radius 3 is 2.07 bits per heavy atom. The van der Waals surface area contributed by atoms with Gasteiger partial charge < -0.3 is 0 Å². The number of amides is 3. The molecule has 1 fully saturated rings. The molecule has 0 saturated carbocycles. The van der Waals surface area contributed by atoms with E-state index in [-0.39, 0.29) is 29.6 Å². The van der Waals surface area contributed by atoms with Crippen LogP contribution in [-0.2, 0) is 16.1 Å². The molecule has 1 aliphatic carbocycles. The van der Waals surface area contributed by atoms with Crippen molar-refractivity contribution in [3.05, 3.63) is 88.0 Å². The van der Waals surface area contributed by atoms with Crippen LogP contribution in [-0.4, -0.2) is 32.7 Å². The van der Waals surface area contributed by atoms with E-state index in [1.54, 1.807) is 24.3 Å². The number of nitro benzene ring substituents is 1. The third kappa shape index (κ3) is 3.47. The number of carbonyl (C=O) groups is 3. The van der Waals surface area contributed by atoms with Crippen LogP contribution < -0.4 is 0 Å². The Bertz CT molecular complexity index is 1010. The smallest absolute Gasteiger partial charge is 0.272 e.